The maximum absolute atomic E-state index is 7.75. The normalized spacial score (nSPS) is 16.9. The molecule has 0 bridgehead atoms. The van der Waals surface area contributed by atoms with E-state index in [1.165, 1.54) is 64.0 Å². The molecular formula is C32H48N2O2W-4. The van der Waals surface area contributed by atoms with Gasteiger partial charge in [-0.05, 0) is 94.5 Å². The van der Waals surface area contributed by atoms with Crippen LogP contribution in [0.15, 0.2) is 36.7 Å². The summed E-state index contributed by atoms with van der Waals surface area (Å²) in [5, 5.41) is 0. The van der Waals surface area contributed by atoms with Gasteiger partial charge in [-0.2, -0.15) is 0 Å². The third kappa shape index (κ3) is 11.0. The average molecular weight is 677 g/mol. The van der Waals surface area contributed by atoms with Crippen LogP contribution in [-0.2, 0) is 30.7 Å². The van der Waals surface area contributed by atoms with E-state index >= 15 is 0 Å². The summed E-state index contributed by atoms with van der Waals surface area (Å²) < 4.78 is 0. The van der Waals surface area contributed by atoms with E-state index in [1.54, 1.807) is 0 Å². The van der Waals surface area contributed by atoms with Gasteiger partial charge in [0.1, 0.15) is 0 Å². The van der Waals surface area contributed by atoms with Crippen molar-refractivity contribution in [3.8, 4) is 0 Å². The monoisotopic (exact) mass is 676 g/mol. The van der Waals surface area contributed by atoms with Crippen LogP contribution in [0.1, 0.15) is 73.9 Å². The number of anilines is 2. The van der Waals surface area contributed by atoms with Crippen molar-refractivity contribution in [2.75, 3.05) is 9.80 Å². The second kappa shape index (κ2) is 19.0. The van der Waals surface area contributed by atoms with Crippen LogP contribution < -0.4 is 9.80 Å². The van der Waals surface area contributed by atoms with E-state index in [1.807, 2.05) is 0 Å². The van der Waals surface area contributed by atoms with Crippen LogP contribution in [0, 0.1) is 67.5 Å². The van der Waals surface area contributed by atoms with Gasteiger partial charge in [-0.15, -0.1) is 6.67 Å². The van der Waals surface area contributed by atoms with E-state index in [-0.39, 0.29) is 35.9 Å². The number of nitrogens with zero attached hydrogens (tertiary/aromatic N) is 2. The SMILES string of the molecule is C.CC1CCC(C)C1.Cc1cc(C)c(N2C=CN(c3c(C)cc(C)cc3C)[CH-]2)c(C)c1.[CH-]=O.[CH-]=O.[CH3-].[W]. The standard InChI is InChI=1S/C21H25N2.C7H14.2CHO.CH4.CH3.W/c1-14-9-16(3)20(17(4)10-14)22-7-8-23(13-22)21-18(5)11-15(2)12-19(21)6;1-6-3-4-7(2)5-6;2*1-2;;;/h7-13H,1-6H3;6-7H,3-5H2,1-2H3;2*1H;1H4;1H3;/q-1;;2*-1;;-1;. The van der Waals surface area contributed by atoms with Crippen LogP contribution in [0.4, 0.5) is 11.4 Å². The molecule has 2 aliphatic rings. The van der Waals surface area contributed by atoms with Crippen molar-refractivity contribution in [3.63, 3.8) is 0 Å². The Morgan fingerprint density at radius 1 is 0.676 bits per heavy atom. The molecule has 2 atom stereocenters. The van der Waals surface area contributed by atoms with Crippen molar-refractivity contribution >= 4 is 25.0 Å². The molecule has 0 spiro atoms. The zero-order valence-electron chi connectivity index (χ0n) is 23.6. The topological polar surface area (TPSA) is 40.6 Å². The van der Waals surface area contributed by atoms with E-state index in [2.05, 4.69) is 122 Å². The number of hydrogen-bond acceptors (Lipinski definition) is 4. The average Bonchev–Trinajstić information content (AvgIpc) is 3.38. The largest absolute Gasteiger partial charge is 0.545 e. The quantitative estimate of drug-likeness (QED) is 0.237. The van der Waals surface area contributed by atoms with Crippen molar-refractivity contribution in [1.82, 2.24) is 0 Å². The van der Waals surface area contributed by atoms with Gasteiger partial charge in [0.05, 0.1) is 0 Å². The second-order valence-electron chi connectivity index (χ2n) is 9.75. The first-order chi connectivity index (χ1) is 16.2. The van der Waals surface area contributed by atoms with Gasteiger partial charge in [-0.3, -0.25) is 13.6 Å². The van der Waals surface area contributed by atoms with Crippen LogP contribution in [0.2, 0.25) is 0 Å². The fourth-order valence-corrected chi connectivity index (χ4v) is 5.27. The van der Waals surface area contributed by atoms with Crippen molar-refractivity contribution < 1.29 is 30.7 Å². The molecule has 1 aliphatic heterocycles. The molecule has 0 saturated heterocycles. The molecule has 0 N–H and O–H groups in total. The molecule has 1 aliphatic carbocycles. The maximum atomic E-state index is 7.75. The molecule has 2 aromatic carbocycles. The van der Waals surface area contributed by atoms with Gasteiger partial charge in [0, 0.05) is 32.4 Å². The summed E-state index contributed by atoms with van der Waals surface area (Å²) in [5.41, 5.74) is 10.4. The second-order valence-corrected chi connectivity index (χ2v) is 9.75. The summed E-state index contributed by atoms with van der Waals surface area (Å²) >= 11 is 0. The van der Waals surface area contributed by atoms with E-state index in [4.69, 9.17) is 9.59 Å². The van der Waals surface area contributed by atoms with Crippen molar-refractivity contribution in [1.29, 1.82) is 0 Å². The van der Waals surface area contributed by atoms with Crippen LogP contribution in [-0.4, -0.2) is 13.6 Å². The Labute approximate surface area is 242 Å². The van der Waals surface area contributed by atoms with Gasteiger partial charge in [-0.1, -0.05) is 69.5 Å². The first-order valence-corrected chi connectivity index (χ1v) is 11.9. The Balaban J connectivity index is -0.000000706. The van der Waals surface area contributed by atoms with Gasteiger partial charge in [0.2, 0.25) is 0 Å². The summed E-state index contributed by atoms with van der Waals surface area (Å²) in [6.07, 6.45) is 8.70. The Morgan fingerprint density at radius 3 is 1.16 bits per heavy atom. The van der Waals surface area contributed by atoms with Crippen LogP contribution >= 0.6 is 0 Å². The van der Waals surface area contributed by atoms with Gasteiger partial charge in [-0.25, -0.2) is 0 Å². The predicted molar refractivity (Wildman–Crippen MR) is 159 cm³/mol. The summed E-state index contributed by atoms with van der Waals surface area (Å²) in [6, 6.07) is 8.98. The molecule has 5 heteroatoms. The molecule has 4 rings (SSSR count). The number of aryl methyl sites for hydroxylation is 6. The van der Waals surface area contributed by atoms with Gasteiger partial charge in [0.15, 0.2) is 0 Å². The Kier molecular flexibility index (Phi) is 20.2. The molecule has 4 nitrogen and oxygen atoms in total. The molecule has 208 valence electrons. The predicted octanol–water partition coefficient (Wildman–Crippen LogP) is 8.43. The number of carbonyl (C=O) groups excluding carboxylic acids is 2. The summed E-state index contributed by atoms with van der Waals surface area (Å²) in [6.45, 7) is 26.4. The molecular weight excluding hydrogens is 628 g/mol. The number of hydrogen-bond donors (Lipinski definition) is 0. The molecule has 1 fully saturated rings. The molecule has 2 aromatic rings. The molecule has 0 radical (unpaired) electrons. The Hall–Kier alpha value is -2.19. The molecule has 2 unspecified atom stereocenters. The Bertz CT molecular complexity index is 852. The molecule has 0 aromatic heterocycles. The summed E-state index contributed by atoms with van der Waals surface area (Å²) in [7, 11) is 0. The minimum Gasteiger partial charge on any atom is -0.545 e. The van der Waals surface area contributed by atoms with E-state index in [0.717, 1.165) is 11.8 Å². The first-order valence-electron chi connectivity index (χ1n) is 11.9. The maximum Gasteiger partial charge on any atom is 0.0184 e. The van der Waals surface area contributed by atoms with Crippen LogP contribution in [0.3, 0.4) is 0 Å². The van der Waals surface area contributed by atoms with Crippen molar-refractivity contribution in [2.24, 2.45) is 11.8 Å². The molecule has 1 saturated carbocycles. The summed E-state index contributed by atoms with van der Waals surface area (Å²) in [4.78, 5) is 20.0. The third-order valence-corrected chi connectivity index (χ3v) is 6.38. The zero-order valence-corrected chi connectivity index (χ0v) is 26.5. The van der Waals surface area contributed by atoms with E-state index in [9.17, 15) is 0 Å². The molecule has 1 heterocycles. The summed E-state index contributed by atoms with van der Waals surface area (Å²) in [5.74, 6) is 2.05. The Morgan fingerprint density at radius 2 is 0.946 bits per heavy atom. The van der Waals surface area contributed by atoms with Gasteiger partial charge in [0.25, 0.3) is 0 Å². The van der Waals surface area contributed by atoms with Crippen molar-refractivity contribution in [2.45, 2.75) is 82.1 Å². The smallest absolute Gasteiger partial charge is 0.0184 e. The number of rotatable bonds is 2. The minimum atomic E-state index is 0. The fraction of sp³-hybridized carbons (Fsp3) is 0.438. The number of benzene rings is 2. The minimum absolute atomic E-state index is 0. The third-order valence-electron chi connectivity index (χ3n) is 6.38. The molecule has 37 heavy (non-hydrogen) atoms. The van der Waals surface area contributed by atoms with Gasteiger partial charge >= 0.3 is 0 Å². The molecule has 0 amide bonds. The zero-order chi connectivity index (χ0) is 26.0. The van der Waals surface area contributed by atoms with Crippen molar-refractivity contribution in [3.05, 3.63) is 84.1 Å². The van der Waals surface area contributed by atoms with E-state index < -0.39 is 0 Å². The van der Waals surface area contributed by atoms with Crippen LogP contribution in [0.25, 0.3) is 0 Å². The van der Waals surface area contributed by atoms with Gasteiger partial charge < -0.3 is 26.8 Å². The fourth-order valence-electron chi connectivity index (χ4n) is 5.27. The van der Waals surface area contributed by atoms with Crippen LogP contribution in [0.5, 0.6) is 0 Å². The van der Waals surface area contributed by atoms with E-state index in [0.29, 0.717) is 0 Å². The first kappa shape index (κ1) is 39.3.